The summed E-state index contributed by atoms with van der Waals surface area (Å²) < 4.78 is 0. The predicted molar refractivity (Wildman–Crippen MR) is 130 cm³/mol. The van der Waals surface area contributed by atoms with Gasteiger partial charge in [0.1, 0.15) is 0 Å². The van der Waals surface area contributed by atoms with Crippen LogP contribution in [0.5, 0.6) is 0 Å². The first-order valence-corrected chi connectivity index (χ1v) is 11.5. The first-order valence-electron chi connectivity index (χ1n) is 11.5. The second kappa shape index (κ2) is 5.11. The number of hydrogen-bond donors (Lipinski definition) is 0. The molecule has 4 aromatic carbocycles. The van der Waals surface area contributed by atoms with Crippen molar-refractivity contribution in [3.63, 3.8) is 0 Å². The predicted octanol–water partition coefficient (Wildman–Crippen LogP) is 3.43. The summed E-state index contributed by atoms with van der Waals surface area (Å²) in [5, 5.41) is 14.1. The van der Waals surface area contributed by atoms with Crippen LogP contribution in [0.25, 0.3) is 33.1 Å². The highest BCUT2D eigenvalue weighted by Crippen LogP contribution is 2.49. The normalized spacial score (nSPS) is 21.9. The van der Waals surface area contributed by atoms with Gasteiger partial charge >= 0.3 is 0 Å². The Labute approximate surface area is 183 Å². The Bertz CT molecular complexity index is 1990. The number of hydrogen-bond acceptors (Lipinski definition) is 0. The van der Waals surface area contributed by atoms with Crippen LogP contribution >= 0.6 is 0 Å². The topological polar surface area (TPSA) is 0 Å². The van der Waals surface area contributed by atoms with E-state index < -0.39 is 0 Å². The van der Waals surface area contributed by atoms with Gasteiger partial charge in [-0.05, 0) is 74.8 Å². The summed E-state index contributed by atoms with van der Waals surface area (Å²) in [6.45, 7) is 0. The van der Waals surface area contributed by atoms with Crippen molar-refractivity contribution in [3.05, 3.63) is 139 Å². The minimum atomic E-state index is 0.415. The van der Waals surface area contributed by atoms with Crippen molar-refractivity contribution in [1.29, 1.82) is 0 Å². The molecule has 0 nitrogen and oxygen atoms in total. The Hall–Kier alpha value is -3.90. The number of benzene rings is 4. The molecule has 4 aromatic rings. The summed E-state index contributed by atoms with van der Waals surface area (Å²) in [4.78, 5) is 0. The molecule has 0 saturated heterocycles. The average Bonchev–Trinajstić information content (AvgIpc) is 3.36. The van der Waals surface area contributed by atoms with Crippen LogP contribution < -0.4 is 20.9 Å². The molecule has 0 bridgehead atoms. The van der Waals surface area contributed by atoms with Gasteiger partial charge in [0, 0.05) is 11.8 Å². The lowest BCUT2D eigenvalue weighted by molar-refractivity contribution is 0.734. The van der Waals surface area contributed by atoms with Crippen molar-refractivity contribution in [2.45, 2.75) is 0 Å². The zero-order chi connectivity index (χ0) is 20.6. The van der Waals surface area contributed by atoms with E-state index in [0.29, 0.717) is 11.8 Å². The van der Waals surface area contributed by atoms with E-state index in [0.717, 1.165) is 0 Å². The molecule has 5 aliphatic carbocycles. The van der Waals surface area contributed by atoms with Crippen molar-refractivity contribution in [1.82, 2.24) is 0 Å². The lowest BCUT2D eigenvalue weighted by Crippen LogP contribution is -2.35. The smallest absolute Gasteiger partial charge is 0.0211 e. The molecule has 146 valence electrons. The average molecular weight is 402 g/mol. The van der Waals surface area contributed by atoms with E-state index in [1.165, 1.54) is 74.8 Å². The van der Waals surface area contributed by atoms with Crippen molar-refractivity contribution in [3.8, 4) is 0 Å². The molecule has 0 unspecified atom stereocenters. The maximum absolute atomic E-state index is 2.42. The summed E-state index contributed by atoms with van der Waals surface area (Å²) in [6.07, 6.45) is 9.65. The molecule has 9 rings (SSSR count). The quantitative estimate of drug-likeness (QED) is 0.372. The minimum Gasteiger partial charge on any atom is -0.0616 e. The molecule has 0 radical (unpaired) electrons. The van der Waals surface area contributed by atoms with E-state index in [1.807, 2.05) is 0 Å². The molecule has 0 aromatic heterocycles. The Kier molecular flexibility index (Phi) is 2.53. The van der Waals surface area contributed by atoms with E-state index in [-0.39, 0.29) is 0 Å². The van der Waals surface area contributed by atoms with Crippen molar-refractivity contribution >= 4 is 33.1 Å². The van der Waals surface area contributed by atoms with Crippen LogP contribution in [0.2, 0.25) is 0 Å². The van der Waals surface area contributed by atoms with Crippen molar-refractivity contribution in [2.75, 3.05) is 0 Å². The lowest BCUT2D eigenvalue weighted by Gasteiger charge is -2.37. The van der Waals surface area contributed by atoms with Gasteiger partial charge in [-0.15, -0.1) is 0 Å². The summed E-state index contributed by atoms with van der Waals surface area (Å²) in [5.41, 5.74) is 5.98. The Balaban J connectivity index is 1.58. The molecule has 32 heavy (non-hydrogen) atoms. The number of allylic oxidation sites excluding steroid dienone is 4. The van der Waals surface area contributed by atoms with E-state index in [9.17, 15) is 0 Å². The fourth-order valence-electron chi connectivity index (χ4n) is 7.22. The highest BCUT2D eigenvalue weighted by Gasteiger charge is 2.40. The molecule has 0 amide bonds. The van der Waals surface area contributed by atoms with Gasteiger partial charge in [0.05, 0.1) is 0 Å². The van der Waals surface area contributed by atoms with E-state index >= 15 is 0 Å². The molecule has 0 aliphatic heterocycles. The molecule has 5 aliphatic rings. The second-order valence-electron chi connectivity index (χ2n) is 9.61. The Morgan fingerprint density at radius 2 is 0.656 bits per heavy atom. The standard InChI is InChI=1S/C32H18/c1-2-6-18-17(5-1)21-9-13-25-27-15-11-23-19-7-3-4-8-20(19)24-12-16-28(32(27)30(23)24)26-14-10-22(18)29(21)31(25)26/h1-16,29,31H. The lowest BCUT2D eigenvalue weighted by atomic mass is 9.65. The SMILES string of the molecule is C1=CC2=c3ccc4c5c(ccc(c35)=C3C=CC5=c6ccccc6=C1C5C23)=c1ccccc1=4. The first-order chi connectivity index (χ1) is 15.9. The van der Waals surface area contributed by atoms with Gasteiger partial charge in [-0.2, -0.15) is 0 Å². The summed E-state index contributed by atoms with van der Waals surface area (Å²) >= 11 is 0. The van der Waals surface area contributed by atoms with Crippen LogP contribution in [-0.2, 0) is 0 Å². The summed E-state index contributed by atoms with van der Waals surface area (Å²) in [5.74, 6) is 0.857. The largest absolute Gasteiger partial charge is 0.0616 e. The molecule has 0 spiro atoms. The molecular weight excluding hydrogens is 384 g/mol. The fraction of sp³-hybridized carbons (Fsp3) is 0.0625. The third-order valence-electron chi connectivity index (χ3n) is 8.40. The number of fused-ring (bicyclic) bond motifs is 2. The molecular formula is C32H18. The van der Waals surface area contributed by atoms with Crippen LogP contribution in [0.4, 0.5) is 0 Å². The van der Waals surface area contributed by atoms with Crippen LogP contribution in [0.15, 0.2) is 97.1 Å². The Morgan fingerprint density at radius 1 is 0.312 bits per heavy atom. The van der Waals surface area contributed by atoms with Gasteiger partial charge in [0.25, 0.3) is 0 Å². The van der Waals surface area contributed by atoms with Crippen molar-refractivity contribution in [2.24, 2.45) is 11.8 Å². The van der Waals surface area contributed by atoms with Crippen molar-refractivity contribution < 1.29 is 0 Å². The highest BCUT2D eigenvalue weighted by molar-refractivity contribution is 6.02. The maximum Gasteiger partial charge on any atom is 0.0211 e. The minimum absolute atomic E-state index is 0.415. The third kappa shape index (κ3) is 1.58. The molecule has 0 atom stereocenters. The molecule has 0 N–H and O–H groups in total. The van der Waals surface area contributed by atoms with Gasteiger partial charge in [-0.3, -0.25) is 0 Å². The Morgan fingerprint density at radius 3 is 1.12 bits per heavy atom. The zero-order valence-electron chi connectivity index (χ0n) is 17.4. The second-order valence-corrected chi connectivity index (χ2v) is 9.61. The zero-order valence-corrected chi connectivity index (χ0v) is 17.4. The molecule has 0 fully saturated rings. The van der Waals surface area contributed by atoms with Crippen LogP contribution in [-0.4, -0.2) is 0 Å². The number of rotatable bonds is 0. The van der Waals surface area contributed by atoms with Gasteiger partial charge in [-0.1, -0.05) is 97.1 Å². The van der Waals surface area contributed by atoms with Gasteiger partial charge in [0.15, 0.2) is 0 Å². The van der Waals surface area contributed by atoms with E-state index in [1.54, 1.807) is 0 Å². The molecule has 0 heteroatoms. The van der Waals surface area contributed by atoms with Crippen LogP contribution in [0.3, 0.4) is 0 Å². The summed E-state index contributed by atoms with van der Waals surface area (Å²) in [7, 11) is 0. The van der Waals surface area contributed by atoms with E-state index in [4.69, 9.17) is 0 Å². The maximum atomic E-state index is 2.42. The molecule has 0 saturated carbocycles. The summed E-state index contributed by atoms with van der Waals surface area (Å²) in [6, 6.07) is 27.4. The van der Waals surface area contributed by atoms with Crippen LogP contribution in [0, 0.1) is 32.7 Å². The highest BCUT2D eigenvalue weighted by atomic mass is 14.4. The molecule has 0 heterocycles. The monoisotopic (exact) mass is 402 g/mol. The van der Waals surface area contributed by atoms with Crippen LogP contribution in [0.1, 0.15) is 0 Å². The van der Waals surface area contributed by atoms with E-state index in [2.05, 4.69) is 97.1 Å². The van der Waals surface area contributed by atoms with Gasteiger partial charge < -0.3 is 0 Å². The fourth-order valence-corrected chi connectivity index (χ4v) is 7.22. The van der Waals surface area contributed by atoms with Gasteiger partial charge in [-0.25, -0.2) is 0 Å². The third-order valence-corrected chi connectivity index (χ3v) is 8.40. The van der Waals surface area contributed by atoms with Gasteiger partial charge in [0.2, 0.25) is 0 Å². The first kappa shape index (κ1) is 15.8.